The van der Waals surface area contributed by atoms with Gasteiger partial charge in [-0.05, 0) is 55.2 Å². The SMILES string of the molecule is CCNC(=NCc1cccc(F)c1)NCc1cccc(NC(=O)C2CCCC2)c1.I. The second-order valence-electron chi connectivity index (χ2n) is 7.35. The van der Waals surface area contributed by atoms with Gasteiger partial charge in [0.2, 0.25) is 5.91 Å². The molecule has 3 rings (SSSR count). The summed E-state index contributed by atoms with van der Waals surface area (Å²) in [7, 11) is 0. The number of aliphatic imine (C=N–C) groups is 1. The molecule has 1 aliphatic carbocycles. The lowest BCUT2D eigenvalue weighted by Gasteiger charge is -2.13. The normalized spacial score (nSPS) is 14.1. The molecular weight excluding hydrogens is 494 g/mol. The lowest BCUT2D eigenvalue weighted by Crippen LogP contribution is -2.36. The first kappa shape index (κ1) is 24.1. The molecule has 1 fully saturated rings. The number of benzene rings is 2. The van der Waals surface area contributed by atoms with Gasteiger partial charge in [-0.2, -0.15) is 0 Å². The number of hydrogen-bond donors (Lipinski definition) is 3. The van der Waals surface area contributed by atoms with Gasteiger partial charge in [0.05, 0.1) is 6.54 Å². The van der Waals surface area contributed by atoms with Crippen molar-refractivity contribution >= 4 is 41.5 Å². The number of hydrogen-bond acceptors (Lipinski definition) is 2. The van der Waals surface area contributed by atoms with Crippen LogP contribution >= 0.6 is 24.0 Å². The molecule has 162 valence electrons. The van der Waals surface area contributed by atoms with Gasteiger partial charge >= 0.3 is 0 Å². The van der Waals surface area contributed by atoms with Gasteiger partial charge in [-0.15, -0.1) is 24.0 Å². The van der Waals surface area contributed by atoms with Crippen LogP contribution in [0.5, 0.6) is 0 Å². The Morgan fingerprint density at radius 2 is 1.80 bits per heavy atom. The minimum atomic E-state index is -0.257. The topological polar surface area (TPSA) is 65.5 Å². The molecule has 0 aliphatic heterocycles. The molecule has 0 radical (unpaired) electrons. The number of nitrogens with zero attached hydrogens (tertiary/aromatic N) is 1. The second-order valence-corrected chi connectivity index (χ2v) is 7.35. The first-order valence-electron chi connectivity index (χ1n) is 10.3. The van der Waals surface area contributed by atoms with E-state index in [1.807, 2.05) is 37.3 Å². The highest BCUT2D eigenvalue weighted by atomic mass is 127. The fourth-order valence-electron chi connectivity index (χ4n) is 3.52. The summed E-state index contributed by atoms with van der Waals surface area (Å²) >= 11 is 0. The predicted octanol–water partition coefficient (Wildman–Crippen LogP) is 4.83. The van der Waals surface area contributed by atoms with Crippen molar-refractivity contribution in [2.24, 2.45) is 10.9 Å². The minimum absolute atomic E-state index is 0. The lowest BCUT2D eigenvalue weighted by molar-refractivity contribution is -0.119. The van der Waals surface area contributed by atoms with E-state index in [2.05, 4.69) is 20.9 Å². The van der Waals surface area contributed by atoms with Crippen molar-refractivity contribution in [3.8, 4) is 0 Å². The van der Waals surface area contributed by atoms with Crippen LogP contribution in [0.4, 0.5) is 10.1 Å². The van der Waals surface area contributed by atoms with Crippen LogP contribution in [0.3, 0.4) is 0 Å². The van der Waals surface area contributed by atoms with Gasteiger partial charge in [0.25, 0.3) is 0 Å². The highest BCUT2D eigenvalue weighted by Crippen LogP contribution is 2.26. The third-order valence-corrected chi connectivity index (χ3v) is 5.03. The molecule has 5 nitrogen and oxygen atoms in total. The van der Waals surface area contributed by atoms with Gasteiger partial charge in [-0.25, -0.2) is 9.38 Å². The van der Waals surface area contributed by atoms with Crippen LogP contribution in [0.25, 0.3) is 0 Å². The monoisotopic (exact) mass is 524 g/mol. The lowest BCUT2D eigenvalue weighted by atomic mass is 10.1. The summed E-state index contributed by atoms with van der Waals surface area (Å²) in [5, 5.41) is 9.53. The van der Waals surface area contributed by atoms with Gasteiger partial charge in [0.15, 0.2) is 5.96 Å². The Kier molecular flexibility index (Phi) is 10.1. The summed E-state index contributed by atoms with van der Waals surface area (Å²) in [6, 6.07) is 14.3. The van der Waals surface area contributed by atoms with E-state index in [1.165, 1.54) is 12.1 Å². The Hall–Kier alpha value is -2.16. The maximum atomic E-state index is 13.3. The smallest absolute Gasteiger partial charge is 0.227 e. The zero-order chi connectivity index (χ0) is 20.5. The van der Waals surface area contributed by atoms with Gasteiger partial charge in [-0.1, -0.05) is 37.1 Å². The van der Waals surface area contributed by atoms with Crippen molar-refractivity contribution in [1.29, 1.82) is 0 Å². The summed E-state index contributed by atoms with van der Waals surface area (Å²) < 4.78 is 13.3. The molecule has 0 unspecified atom stereocenters. The van der Waals surface area contributed by atoms with Gasteiger partial charge < -0.3 is 16.0 Å². The van der Waals surface area contributed by atoms with E-state index in [0.717, 1.165) is 49.0 Å². The molecule has 7 heteroatoms. The second kappa shape index (κ2) is 12.5. The maximum Gasteiger partial charge on any atom is 0.227 e. The van der Waals surface area contributed by atoms with Crippen molar-refractivity contribution in [3.05, 3.63) is 65.5 Å². The highest BCUT2D eigenvalue weighted by Gasteiger charge is 2.22. The van der Waals surface area contributed by atoms with E-state index >= 15 is 0 Å². The third-order valence-electron chi connectivity index (χ3n) is 5.03. The Morgan fingerprint density at radius 3 is 2.53 bits per heavy atom. The molecule has 0 atom stereocenters. The van der Waals surface area contributed by atoms with Gasteiger partial charge in [-0.3, -0.25) is 4.79 Å². The predicted molar refractivity (Wildman–Crippen MR) is 131 cm³/mol. The number of carbonyl (C=O) groups excluding carboxylic acids is 1. The molecule has 1 saturated carbocycles. The van der Waals surface area contributed by atoms with Crippen LogP contribution in [-0.4, -0.2) is 18.4 Å². The molecule has 0 saturated heterocycles. The Labute approximate surface area is 195 Å². The van der Waals surface area contributed by atoms with Crippen LogP contribution in [0.1, 0.15) is 43.7 Å². The van der Waals surface area contributed by atoms with Crippen LogP contribution in [0.15, 0.2) is 53.5 Å². The molecule has 0 heterocycles. The van der Waals surface area contributed by atoms with Crippen LogP contribution in [0.2, 0.25) is 0 Å². The molecule has 2 aromatic rings. The number of guanidine groups is 1. The molecule has 30 heavy (non-hydrogen) atoms. The number of nitrogens with one attached hydrogen (secondary N) is 3. The zero-order valence-electron chi connectivity index (χ0n) is 17.3. The summed E-state index contributed by atoms with van der Waals surface area (Å²) in [4.78, 5) is 16.9. The van der Waals surface area contributed by atoms with E-state index in [1.54, 1.807) is 6.07 Å². The summed E-state index contributed by atoms with van der Waals surface area (Å²) in [6.07, 6.45) is 4.26. The molecular formula is C23H30FIN4O. The van der Waals surface area contributed by atoms with E-state index in [4.69, 9.17) is 0 Å². The average Bonchev–Trinajstić information content (AvgIpc) is 3.25. The van der Waals surface area contributed by atoms with Crippen molar-refractivity contribution in [2.45, 2.75) is 45.7 Å². The molecule has 2 aromatic carbocycles. The first-order chi connectivity index (χ1) is 14.1. The number of halogens is 2. The summed E-state index contributed by atoms with van der Waals surface area (Å²) in [5.41, 5.74) is 2.69. The molecule has 3 N–H and O–H groups in total. The molecule has 1 amide bonds. The first-order valence-corrected chi connectivity index (χ1v) is 10.3. The molecule has 0 spiro atoms. The van der Waals surface area contributed by atoms with Gasteiger partial charge in [0.1, 0.15) is 5.82 Å². The van der Waals surface area contributed by atoms with Crippen LogP contribution in [0, 0.1) is 11.7 Å². The van der Waals surface area contributed by atoms with Crippen molar-refractivity contribution in [1.82, 2.24) is 10.6 Å². The van der Waals surface area contributed by atoms with E-state index < -0.39 is 0 Å². The quantitative estimate of drug-likeness (QED) is 0.276. The van der Waals surface area contributed by atoms with E-state index in [9.17, 15) is 9.18 Å². The Morgan fingerprint density at radius 1 is 1.07 bits per heavy atom. The molecule has 0 aromatic heterocycles. The number of carbonyl (C=O) groups is 1. The fourth-order valence-corrected chi connectivity index (χ4v) is 3.52. The third kappa shape index (κ3) is 7.59. The summed E-state index contributed by atoms with van der Waals surface area (Å²) in [5.74, 6) is 0.675. The Balaban J connectivity index is 0.00000320. The standard InChI is InChI=1S/C23H29FN4O.HI/c1-2-25-23(26-15-17-7-5-11-20(24)13-17)27-16-18-8-6-12-21(14-18)28-22(29)19-9-3-4-10-19;/h5-8,11-14,19H,2-4,9-10,15-16H2,1H3,(H,28,29)(H2,25,26,27);1H. The van der Waals surface area contributed by atoms with Crippen molar-refractivity contribution < 1.29 is 9.18 Å². The van der Waals surface area contributed by atoms with Crippen LogP contribution < -0.4 is 16.0 Å². The van der Waals surface area contributed by atoms with E-state index in [0.29, 0.717) is 19.0 Å². The number of rotatable bonds is 7. The van der Waals surface area contributed by atoms with Crippen LogP contribution in [-0.2, 0) is 17.9 Å². The van der Waals surface area contributed by atoms with Crippen molar-refractivity contribution in [3.63, 3.8) is 0 Å². The Bertz CT molecular complexity index is 853. The zero-order valence-corrected chi connectivity index (χ0v) is 19.6. The number of anilines is 1. The highest BCUT2D eigenvalue weighted by molar-refractivity contribution is 14.0. The molecule has 0 bridgehead atoms. The van der Waals surface area contributed by atoms with Gasteiger partial charge in [0, 0.05) is 24.7 Å². The number of amides is 1. The fraction of sp³-hybridized carbons (Fsp3) is 0.391. The van der Waals surface area contributed by atoms with Crippen molar-refractivity contribution in [2.75, 3.05) is 11.9 Å². The average molecular weight is 524 g/mol. The minimum Gasteiger partial charge on any atom is -0.357 e. The maximum absolute atomic E-state index is 13.3. The summed E-state index contributed by atoms with van der Waals surface area (Å²) in [6.45, 7) is 3.69. The van der Waals surface area contributed by atoms with E-state index in [-0.39, 0.29) is 41.6 Å². The largest absolute Gasteiger partial charge is 0.357 e. The molecule has 1 aliphatic rings.